The molecule has 0 fully saturated rings. The zero-order valence-corrected chi connectivity index (χ0v) is 11.9. The van der Waals surface area contributed by atoms with Gasteiger partial charge in [-0.2, -0.15) is 5.10 Å². The second-order valence-electron chi connectivity index (χ2n) is 4.95. The van der Waals surface area contributed by atoms with E-state index >= 15 is 0 Å². The maximum Gasteiger partial charge on any atom is 0.156 e. The van der Waals surface area contributed by atoms with Gasteiger partial charge >= 0.3 is 0 Å². The SMILES string of the molecule is CCC(C)N(C)CCNc1nncc2ccccc12. The molecule has 1 N–H and O–H groups in total. The van der Waals surface area contributed by atoms with E-state index < -0.39 is 0 Å². The van der Waals surface area contributed by atoms with Gasteiger partial charge in [-0.15, -0.1) is 5.10 Å². The smallest absolute Gasteiger partial charge is 0.156 e. The van der Waals surface area contributed by atoms with Crippen molar-refractivity contribution in [2.24, 2.45) is 0 Å². The largest absolute Gasteiger partial charge is 0.367 e. The molecule has 0 aliphatic heterocycles. The van der Waals surface area contributed by atoms with Crippen molar-refractivity contribution in [1.29, 1.82) is 0 Å². The Hall–Kier alpha value is -1.68. The molecule has 2 rings (SSSR count). The standard InChI is InChI=1S/C15H22N4/c1-4-12(2)19(3)10-9-16-15-14-8-6-5-7-13(14)11-17-18-15/h5-8,11-12H,4,9-10H2,1-3H3,(H,16,18). The number of rotatable bonds is 6. The molecule has 1 unspecified atom stereocenters. The van der Waals surface area contributed by atoms with Crippen molar-refractivity contribution in [3.8, 4) is 0 Å². The van der Waals surface area contributed by atoms with E-state index in [1.54, 1.807) is 6.20 Å². The van der Waals surface area contributed by atoms with Crippen molar-refractivity contribution in [3.63, 3.8) is 0 Å². The Morgan fingerprint density at radius 1 is 1.32 bits per heavy atom. The van der Waals surface area contributed by atoms with E-state index in [2.05, 4.69) is 53.4 Å². The minimum atomic E-state index is 0.611. The zero-order chi connectivity index (χ0) is 13.7. The van der Waals surface area contributed by atoms with Crippen molar-refractivity contribution < 1.29 is 0 Å². The Morgan fingerprint density at radius 3 is 2.89 bits per heavy atom. The van der Waals surface area contributed by atoms with Gasteiger partial charge in [0.25, 0.3) is 0 Å². The Bertz CT molecular complexity index is 521. The fraction of sp³-hybridized carbons (Fsp3) is 0.467. The van der Waals surface area contributed by atoms with Crippen LogP contribution in [0.2, 0.25) is 0 Å². The van der Waals surface area contributed by atoms with E-state index in [1.807, 2.05) is 12.1 Å². The second kappa shape index (κ2) is 6.48. The van der Waals surface area contributed by atoms with Crippen LogP contribution in [-0.2, 0) is 0 Å². The van der Waals surface area contributed by atoms with E-state index in [-0.39, 0.29) is 0 Å². The van der Waals surface area contributed by atoms with Crippen LogP contribution in [0.1, 0.15) is 20.3 Å². The Kier molecular flexibility index (Phi) is 4.68. The zero-order valence-electron chi connectivity index (χ0n) is 11.9. The summed E-state index contributed by atoms with van der Waals surface area (Å²) in [6.45, 7) is 6.34. The molecule has 0 saturated carbocycles. The second-order valence-corrected chi connectivity index (χ2v) is 4.95. The van der Waals surface area contributed by atoms with Crippen LogP contribution in [0.25, 0.3) is 10.8 Å². The number of nitrogens with one attached hydrogen (secondary N) is 1. The lowest BCUT2D eigenvalue weighted by Crippen LogP contribution is -2.32. The van der Waals surface area contributed by atoms with E-state index in [1.165, 1.54) is 6.42 Å². The Labute approximate surface area is 114 Å². The lowest BCUT2D eigenvalue weighted by atomic mass is 10.2. The molecule has 1 aromatic heterocycles. The number of fused-ring (bicyclic) bond motifs is 1. The van der Waals surface area contributed by atoms with Gasteiger partial charge in [0.1, 0.15) is 0 Å². The summed E-state index contributed by atoms with van der Waals surface area (Å²) in [5.41, 5.74) is 0. The van der Waals surface area contributed by atoms with Gasteiger partial charge in [-0.05, 0) is 20.4 Å². The van der Waals surface area contributed by atoms with Crippen molar-refractivity contribution in [1.82, 2.24) is 15.1 Å². The number of benzene rings is 1. The fourth-order valence-electron chi connectivity index (χ4n) is 2.04. The van der Waals surface area contributed by atoms with Gasteiger partial charge in [0.05, 0.1) is 6.20 Å². The lowest BCUT2D eigenvalue weighted by Gasteiger charge is -2.23. The first-order valence-corrected chi connectivity index (χ1v) is 6.87. The normalized spacial score (nSPS) is 12.8. The maximum absolute atomic E-state index is 4.19. The lowest BCUT2D eigenvalue weighted by molar-refractivity contribution is 0.261. The number of aromatic nitrogens is 2. The highest BCUT2D eigenvalue weighted by Gasteiger charge is 2.07. The third-order valence-electron chi connectivity index (χ3n) is 3.67. The molecule has 4 nitrogen and oxygen atoms in total. The number of likely N-dealkylation sites (N-methyl/N-ethyl adjacent to an activating group) is 1. The topological polar surface area (TPSA) is 41.0 Å². The summed E-state index contributed by atoms with van der Waals surface area (Å²) in [5, 5.41) is 13.9. The van der Waals surface area contributed by atoms with Gasteiger partial charge in [-0.1, -0.05) is 31.2 Å². The Balaban J connectivity index is 1.99. The summed E-state index contributed by atoms with van der Waals surface area (Å²) >= 11 is 0. The molecule has 0 amide bonds. The molecule has 0 spiro atoms. The average Bonchev–Trinajstić information content (AvgIpc) is 2.46. The third-order valence-corrected chi connectivity index (χ3v) is 3.67. The molecule has 2 aromatic rings. The van der Waals surface area contributed by atoms with Crippen LogP contribution in [0.15, 0.2) is 30.5 Å². The number of hydrogen-bond donors (Lipinski definition) is 1. The minimum Gasteiger partial charge on any atom is -0.367 e. The quantitative estimate of drug-likeness (QED) is 0.865. The molecule has 0 aliphatic rings. The molecule has 102 valence electrons. The van der Waals surface area contributed by atoms with Gasteiger partial charge in [0.15, 0.2) is 5.82 Å². The van der Waals surface area contributed by atoms with Crippen LogP contribution in [0.4, 0.5) is 5.82 Å². The summed E-state index contributed by atoms with van der Waals surface area (Å²) in [7, 11) is 2.16. The van der Waals surface area contributed by atoms with E-state index in [0.717, 1.165) is 29.7 Å². The van der Waals surface area contributed by atoms with Crippen LogP contribution in [0, 0.1) is 0 Å². The molecule has 1 atom stereocenters. The first-order chi connectivity index (χ1) is 9.22. The van der Waals surface area contributed by atoms with Crippen molar-refractivity contribution >= 4 is 16.6 Å². The van der Waals surface area contributed by atoms with Crippen LogP contribution in [-0.4, -0.2) is 41.3 Å². The van der Waals surface area contributed by atoms with Crippen molar-refractivity contribution in [2.75, 3.05) is 25.5 Å². The van der Waals surface area contributed by atoms with E-state index in [0.29, 0.717) is 6.04 Å². The van der Waals surface area contributed by atoms with Crippen LogP contribution in [0.5, 0.6) is 0 Å². The highest BCUT2D eigenvalue weighted by Crippen LogP contribution is 2.18. The fourth-order valence-corrected chi connectivity index (χ4v) is 2.04. The van der Waals surface area contributed by atoms with Crippen molar-refractivity contribution in [2.45, 2.75) is 26.3 Å². The number of anilines is 1. The summed E-state index contributed by atoms with van der Waals surface area (Å²) < 4.78 is 0. The molecule has 19 heavy (non-hydrogen) atoms. The molecular weight excluding hydrogens is 236 g/mol. The first kappa shape index (κ1) is 13.7. The number of nitrogens with zero attached hydrogens (tertiary/aromatic N) is 3. The highest BCUT2D eigenvalue weighted by molar-refractivity contribution is 5.90. The summed E-state index contributed by atoms with van der Waals surface area (Å²) in [4.78, 5) is 2.35. The molecule has 1 heterocycles. The van der Waals surface area contributed by atoms with Crippen LogP contribution >= 0.6 is 0 Å². The first-order valence-electron chi connectivity index (χ1n) is 6.87. The average molecular weight is 258 g/mol. The molecular formula is C15H22N4. The molecule has 0 saturated heterocycles. The molecule has 0 bridgehead atoms. The predicted molar refractivity (Wildman–Crippen MR) is 80.4 cm³/mol. The summed E-state index contributed by atoms with van der Waals surface area (Å²) in [6, 6.07) is 8.79. The number of hydrogen-bond acceptors (Lipinski definition) is 4. The van der Waals surface area contributed by atoms with Gasteiger partial charge in [0, 0.05) is 29.9 Å². The minimum absolute atomic E-state index is 0.611. The molecule has 4 heteroatoms. The molecule has 0 radical (unpaired) electrons. The monoisotopic (exact) mass is 258 g/mol. The van der Waals surface area contributed by atoms with Gasteiger partial charge < -0.3 is 10.2 Å². The van der Waals surface area contributed by atoms with Crippen LogP contribution in [0.3, 0.4) is 0 Å². The summed E-state index contributed by atoms with van der Waals surface area (Å²) in [5.74, 6) is 0.871. The van der Waals surface area contributed by atoms with Gasteiger partial charge in [-0.3, -0.25) is 0 Å². The van der Waals surface area contributed by atoms with E-state index in [4.69, 9.17) is 0 Å². The molecule has 0 aliphatic carbocycles. The summed E-state index contributed by atoms with van der Waals surface area (Å²) in [6.07, 6.45) is 2.97. The van der Waals surface area contributed by atoms with Crippen LogP contribution < -0.4 is 5.32 Å². The van der Waals surface area contributed by atoms with Crippen molar-refractivity contribution in [3.05, 3.63) is 30.5 Å². The maximum atomic E-state index is 4.19. The third kappa shape index (κ3) is 3.41. The Morgan fingerprint density at radius 2 is 2.11 bits per heavy atom. The van der Waals surface area contributed by atoms with Gasteiger partial charge in [0.2, 0.25) is 0 Å². The van der Waals surface area contributed by atoms with Gasteiger partial charge in [-0.25, -0.2) is 0 Å². The highest BCUT2D eigenvalue weighted by atomic mass is 15.2. The molecule has 1 aromatic carbocycles. The van der Waals surface area contributed by atoms with E-state index in [9.17, 15) is 0 Å². The predicted octanol–water partition coefficient (Wildman–Crippen LogP) is 2.77.